The van der Waals surface area contributed by atoms with Gasteiger partial charge in [0.05, 0.1) is 18.7 Å². The van der Waals surface area contributed by atoms with Gasteiger partial charge >= 0.3 is 13.3 Å². The fraction of sp³-hybridized carbons (Fsp3) is 0.308. The van der Waals surface area contributed by atoms with E-state index < -0.39 is 19.0 Å². The van der Waals surface area contributed by atoms with Gasteiger partial charge < -0.3 is 14.0 Å². The van der Waals surface area contributed by atoms with E-state index in [1.54, 1.807) is 13.8 Å². The summed E-state index contributed by atoms with van der Waals surface area (Å²) in [6, 6.07) is 3.52. The molecule has 0 fully saturated rings. The fourth-order valence-electron chi connectivity index (χ4n) is 2.00. The molecule has 0 aliphatic heterocycles. The summed E-state index contributed by atoms with van der Waals surface area (Å²) in [5.41, 5.74) is -0.808. The molecule has 1 aromatic heterocycles. The predicted molar refractivity (Wildman–Crippen MR) is 79.8 cm³/mol. The SMILES string of the molecule is CCOP(=O)(OCC)c1cc2cc([N+]#N)c(F)cc2[nH]c1=O. The van der Waals surface area contributed by atoms with Crippen LogP contribution in [0.2, 0.25) is 0 Å². The average Bonchev–Trinajstić information content (AvgIpc) is 2.46. The smallest absolute Gasteiger partial charge is 0.321 e. The number of diazo groups is 1. The zero-order chi connectivity index (χ0) is 16.3. The molecule has 0 unspecified atom stereocenters. The molecular weight excluding hydrogens is 312 g/mol. The molecule has 1 aromatic carbocycles. The largest absolute Gasteiger partial charge is 0.420 e. The summed E-state index contributed by atoms with van der Waals surface area (Å²) >= 11 is 0. The topological polar surface area (TPSA) is 96.5 Å². The maximum atomic E-state index is 13.5. The maximum Gasteiger partial charge on any atom is 0.420 e. The second kappa shape index (κ2) is 6.36. The van der Waals surface area contributed by atoms with Crippen LogP contribution in [0.1, 0.15) is 13.8 Å². The highest BCUT2D eigenvalue weighted by Gasteiger charge is 2.31. The number of aromatic nitrogens is 1. The minimum atomic E-state index is -3.78. The van der Waals surface area contributed by atoms with Gasteiger partial charge in [0.1, 0.15) is 5.30 Å². The van der Waals surface area contributed by atoms with Gasteiger partial charge in [-0.1, -0.05) is 0 Å². The number of benzene rings is 1. The summed E-state index contributed by atoms with van der Waals surface area (Å²) in [6.07, 6.45) is 0. The van der Waals surface area contributed by atoms with Crippen molar-refractivity contribution in [1.29, 1.82) is 5.39 Å². The van der Waals surface area contributed by atoms with Crippen molar-refractivity contribution in [3.63, 3.8) is 0 Å². The second-order valence-electron chi connectivity index (χ2n) is 4.31. The van der Waals surface area contributed by atoms with Crippen LogP contribution in [-0.2, 0) is 13.6 Å². The number of hydrogen-bond donors (Lipinski definition) is 1. The normalized spacial score (nSPS) is 11.5. The molecule has 2 rings (SSSR count). The number of rotatable bonds is 5. The van der Waals surface area contributed by atoms with Crippen molar-refractivity contribution in [3.05, 3.63) is 39.3 Å². The first-order chi connectivity index (χ1) is 10.4. The van der Waals surface area contributed by atoms with Crippen molar-refractivity contribution in [2.45, 2.75) is 13.8 Å². The predicted octanol–water partition coefficient (Wildman–Crippen LogP) is 3.04. The van der Waals surface area contributed by atoms with Gasteiger partial charge in [-0.2, -0.15) is 4.39 Å². The Morgan fingerprint density at radius 2 is 1.91 bits per heavy atom. The zero-order valence-corrected chi connectivity index (χ0v) is 12.9. The Balaban J connectivity index is 2.72. The molecular formula is C13H14FN3O4P+. The lowest BCUT2D eigenvalue weighted by molar-refractivity contribution is 0.229. The highest BCUT2D eigenvalue weighted by atomic mass is 31.2. The monoisotopic (exact) mass is 326 g/mol. The Morgan fingerprint density at radius 3 is 2.45 bits per heavy atom. The van der Waals surface area contributed by atoms with Gasteiger partial charge in [-0.25, -0.2) is 0 Å². The number of hydrogen-bond acceptors (Lipinski definition) is 5. The molecule has 0 amide bonds. The van der Waals surface area contributed by atoms with E-state index in [2.05, 4.69) is 9.96 Å². The zero-order valence-electron chi connectivity index (χ0n) is 12.0. The van der Waals surface area contributed by atoms with Crippen LogP contribution in [-0.4, -0.2) is 18.2 Å². The lowest BCUT2D eigenvalue weighted by atomic mass is 10.2. The Labute approximate surface area is 125 Å². The van der Waals surface area contributed by atoms with Crippen LogP contribution in [0.5, 0.6) is 0 Å². The molecule has 2 aromatic rings. The Morgan fingerprint density at radius 1 is 1.27 bits per heavy atom. The molecule has 1 N–H and O–H groups in total. The first-order valence-electron chi connectivity index (χ1n) is 6.56. The lowest BCUT2D eigenvalue weighted by Crippen LogP contribution is -2.29. The standard InChI is InChI=1S/C13H13FN3O4P/c1-3-20-22(19,21-4-2)12-6-8-5-11(17-15)9(14)7-10(8)16-13(12)18/h5-7H,3-4H2,1-2H3/p+1. The van der Waals surface area contributed by atoms with Gasteiger partial charge in [0, 0.05) is 17.5 Å². The molecule has 9 heteroatoms. The number of nitrogens with one attached hydrogen (secondary N) is 1. The van der Waals surface area contributed by atoms with Crippen LogP contribution < -0.4 is 10.9 Å². The molecule has 0 radical (unpaired) electrons. The fourth-order valence-corrected chi connectivity index (χ4v) is 3.64. The minimum absolute atomic E-state index is 0.0927. The van der Waals surface area contributed by atoms with E-state index in [1.165, 1.54) is 12.1 Å². The highest BCUT2D eigenvalue weighted by Crippen LogP contribution is 2.46. The minimum Gasteiger partial charge on any atom is -0.321 e. The van der Waals surface area contributed by atoms with E-state index in [9.17, 15) is 13.8 Å². The summed E-state index contributed by atoms with van der Waals surface area (Å²) in [5.74, 6) is -0.795. The molecule has 22 heavy (non-hydrogen) atoms. The lowest BCUT2D eigenvalue weighted by Gasteiger charge is -2.16. The number of nitrogens with zero attached hydrogens (tertiary/aromatic N) is 2. The summed E-state index contributed by atoms with van der Waals surface area (Å²) in [5, 5.41) is 8.89. The number of halogens is 1. The third-order valence-corrected chi connectivity index (χ3v) is 5.01. The van der Waals surface area contributed by atoms with Crippen LogP contribution in [0.15, 0.2) is 23.0 Å². The van der Waals surface area contributed by atoms with Gasteiger partial charge in [0.15, 0.2) is 4.98 Å². The molecule has 0 saturated carbocycles. The van der Waals surface area contributed by atoms with E-state index in [1.807, 2.05) is 0 Å². The number of fused-ring (bicyclic) bond motifs is 1. The summed E-state index contributed by atoms with van der Waals surface area (Å²) in [7, 11) is -3.78. The van der Waals surface area contributed by atoms with Gasteiger partial charge in [-0.15, -0.1) is 0 Å². The van der Waals surface area contributed by atoms with E-state index in [-0.39, 0.29) is 29.7 Å². The van der Waals surface area contributed by atoms with Crippen molar-refractivity contribution in [2.75, 3.05) is 13.2 Å². The van der Waals surface area contributed by atoms with Crippen molar-refractivity contribution in [3.8, 4) is 0 Å². The number of pyridine rings is 1. The quantitative estimate of drug-likeness (QED) is 0.673. The van der Waals surface area contributed by atoms with Crippen LogP contribution in [0, 0.1) is 11.2 Å². The third kappa shape index (κ3) is 2.92. The van der Waals surface area contributed by atoms with Crippen LogP contribution >= 0.6 is 7.60 Å². The second-order valence-corrected chi connectivity index (χ2v) is 6.30. The van der Waals surface area contributed by atoms with E-state index >= 15 is 0 Å². The Bertz CT molecular complexity index is 849. The summed E-state index contributed by atoms with van der Waals surface area (Å²) in [4.78, 5) is 17.3. The van der Waals surface area contributed by atoms with Crippen LogP contribution in [0.25, 0.3) is 15.9 Å². The van der Waals surface area contributed by atoms with Gasteiger partial charge in [0.25, 0.3) is 5.56 Å². The molecule has 1 heterocycles. The van der Waals surface area contributed by atoms with Crippen LogP contribution in [0.3, 0.4) is 0 Å². The van der Waals surface area contributed by atoms with Gasteiger partial charge in [-0.3, -0.25) is 9.36 Å². The first-order valence-corrected chi connectivity index (χ1v) is 8.10. The van der Waals surface area contributed by atoms with Crippen molar-refractivity contribution < 1.29 is 18.0 Å². The molecule has 0 atom stereocenters. The van der Waals surface area contributed by atoms with Gasteiger partial charge in [-0.05, 0) is 19.9 Å². The third-order valence-electron chi connectivity index (χ3n) is 2.89. The average molecular weight is 326 g/mol. The Hall–Kier alpha value is -2.07. The molecule has 0 bridgehead atoms. The molecule has 7 nitrogen and oxygen atoms in total. The van der Waals surface area contributed by atoms with E-state index in [0.717, 1.165) is 6.07 Å². The molecule has 116 valence electrons. The van der Waals surface area contributed by atoms with Crippen LogP contribution in [0.4, 0.5) is 10.1 Å². The number of H-pyrrole nitrogens is 1. The molecule has 0 saturated heterocycles. The maximum absolute atomic E-state index is 13.5. The van der Waals surface area contributed by atoms with E-state index in [4.69, 9.17) is 14.4 Å². The molecule has 0 aliphatic rings. The highest BCUT2D eigenvalue weighted by molar-refractivity contribution is 7.62. The first kappa shape index (κ1) is 16.3. The summed E-state index contributed by atoms with van der Waals surface area (Å²) in [6.45, 7) is 3.43. The molecule has 0 spiro atoms. The Kier molecular flexibility index (Phi) is 4.71. The molecule has 0 aliphatic carbocycles. The summed E-state index contributed by atoms with van der Waals surface area (Å²) < 4.78 is 36.5. The number of aromatic amines is 1. The van der Waals surface area contributed by atoms with Crippen molar-refractivity contribution in [1.82, 2.24) is 4.98 Å². The van der Waals surface area contributed by atoms with Crippen molar-refractivity contribution >= 4 is 29.5 Å². The van der Waals surface area contributed by atoms with Crippen molar-refractivity contribution in [2.24, 2.45) is 0 Å². The van der Waals surface area contributed by atoms with E-state index in [0.29, 0.717) is 5.39 Å². The van der Waals surface area contributed by atoms with Gasteiger partial charge in [0.2, 0.25) is 11.2 Å².